The summed E-state index contributed by atoms with van der Waals surface area (Å²) in [5.41, 5.74) is 3.77. The minimum Gasteiger partial charge on any atom is -0.339 e. The van der Waals surface area contributed by atoms with E-state index in [1.165, 1.54) is 17.7 Å². The topological polar surface area (TPSA) is 81.0 Å². The predicted octanol–water partition coefficient (Wildman–Crippen LogP) is 5.51. The van der Waals surface area contributed by atoms with Gasteiger partial charge in [0, 0.05) is 28.8 Å². The maximum Gasteiger partial charge on any atom is 0.269 e. The molecule has 6 heteroatoms. The highest BCUT2D eigenvalue weighted by Crippen LogP contribution is 2.29. The number of hydrogen-bond donors (Lipinski definition) is 1. The lowest BCUT2D eigenvalue weighted by molar-refractivity contribution is -0.384. The van der Waals surface area contributed by atoms with Crippen LogP contribution in [0.25, 0.3) is 22.3 Å². The molecule has 4 aromatic rings. The van der Waals surface area contributed by atoms with Crippen LogP contribution in [0.3, 0.4) is 0 Å². The first-order valence-corrected chi connectivity index (χ1v) is 9.02. The number of anilines is 2. The third-order valence-electron chi connectivity index (χ3n) is 4.59. The molecule has 1 N–H and O–H groups in total. The zero-order valence-electron chi connectivity index (χ0n) is 15.3. The van der Waals surface area contributed by atoms with Gasteiger partial charge in [-0.3, -0.25) is 10.1 Å². The molecule has 0 spiro atoms. The molecule has 0 amide bonds. The number of para-hydroxylation sites is 2. The molecule has 138 valence electrons. The van der Waals surface area contributed by atoms with Crippen molar-refractivity contribution in [2.75, 3.05) is 5.32 Å². The molecule has 0 atom stereocenters. The van der Waals surface area contributed by atoms with E-state index < -0.39 is 4.92 Å². The van der Waals surface area contributed by atoms with Crippen LogP contribution in [0.1, 0.15) is 12.5 Å². The van der Waals surface area contributed by atoms with Crippen molar-refractivity contribution in [1.29, 1.82) is 0 Å². The monoisotopic (exact) mass is 370 g/mol. The molecule has 4 rings (SSSR count). The van der Waals surface area contributed by atoms with Crippen LogP contribution in [0, 0.1) is 10.1 Å². The lowest BCUT2D eigenvalue weighted by Crippen LogP contribution is -2.01. The summed E-state index contributed by atoms with van der Waals surface area (Å²) in [6.07, 6.45) is 0.904. The van der Waals surface area contributed by atoms with Gasteiger partial charge in [-0.25, -0.2) is 9.97 Å². The van der Waals surface area contributed by atoms with Crippen molar-refractivity contribution in [2.45, 2.75) is 13.3 Å². The number of aryl methyl sites for hydroxylation is 1. The van der Waals surface area contributed by atoms with Crippen molar-refractivity contribution < 1.29 is 4.92 Å². The van der Waals surface area contributed by atoms with Gasteiger partial charge in [0.15, 0.2) is 5.82 Å². The van der Waals surface area contributed by atoms with Gasteiger partial charge in [0.25, 0.3) is 5.69 Å². The molecule has 0 fully saturated rings. The molecule has 0 saturated heterocycles. The van der Waals surface area contributed by atoms with Crippen LogP contribution in [0.2, 0.25) is 0 Å². The van der Waals surface area contributed by atoms with Crippen LogP contribution in [0.15, 0.2) is 72.8 Å². The maximum absolute atomic E-state index is 10.9. The molecule has 0 bridgehead atoms. The summed E-state index contributed by atoms with van der Waals surface area (Å²) in [6, 6.07) is 22.2. The molecule has 0 aliphatic carbocycles. The molecule has 3 aromatic carbocycles. The zero-order valence-corrected chi connectivity index (χ0v) is 15.3. The Kier molecular flexibility index (Phi) is 4.68. The van der Waals surface area contributed by atoms with E-state index in [1.807, 2.05) is 42.5 Å². The summed E-state index contributed by atoms with van der Waals surface area (Å²) in [6.45, 7) is 2.11. The number of nitrogens with one attached hydrogen (secondary N) is 1. The van der Waals surface area contributed by atoms with Crippen molar-refractivity contribution in [3.8, 4) is 11.4 Å². The maximum atomic E-state index is 10.9. The Bertz CT molecular complexity index is 1160. The number of aromatic nitrogens is 2. The molecule has 0 radical (unpaired) electrons. The second kappa shape index (κ2) is 7.44. The zero-order chi connectivity index (χ0) is 19.5. The second-order valence-electron chi connectivity index (χ2n) is 6.35. The van der Waals surface area contributed by atoms with E-state index in [0.717, 1.165) is 28.6 Å². The van der Waals surface area contributed by atoms with E-state index in [9.17, 15) is 10.1 Å². The molecular formula is C22H18N4O2. The van der Waals surface area contributed by atoms with Crippen molar-refractivity contribution >= 4 is 28.1 Å². The fraction of sp³-hybridized carbons (Fsp3) is 0.0909. The highest BCUT2D eigenvalue weighted by atomic mass is 16.6. The van der Waals surface area contributed by atoms with Crippen LogP contribution >= 0.6 is 0 Å². The molecule has 1 aromatic heterocycles. The predicted molar refractivity (Wildman–Crippen MR) is 111 cm³/mol. The van der Waals surface area contributed by atoms with Gasteiger partial charge in [0.2, 0.25) is 0 Å². The van der Waals surface area contributed by atoms with Crippen LogP contribution < -0.4 is 5.32 Å². The van der Waals surface area contributed by atoms with Gasteiger partial charge in [-0.1, -0.05) is 37.3 Å². The van der Waals surface area contributed by atoms with Crippen LogP contribution in [-0.4, -0.2) is 14.9 Å². The minimum absolute atomic E-state index is 0.0414. The molecular weight excluding hydrogens is 352 g/mol. The summed E-state index contributed by atoms with van der Waals surface area (Å²) < 4.78 is 0. The number of nitrogens with zero attached hydrogens (tertiary/aromatic N) is 3. The van der Waals surface area contributed by atoms with Gasteiger partial charge < -0.3 is 5.32 Å². The molecule has 1 heterocycles. The summed E-state index contributed by atoms with van der Waals surface area (Å²) in [5.74, 6) is 1.23. The fourth-order valence-electron chi connectivity index (χ4n) is 3.11. The van der Waals surface area contributed by atoms with Crippen molar-refractivity contribution in [3.63, 3.8) is 0 Å². The van der Waals surface area contributed by atoms with Gasteiger partial charge in [-0.05, 0) is 42.3 Å². The quantitative estimate of drug-likeness (QED) is 0.370. The van der Waals surface area contributed by atoms with Gasteiger partial charge in [-0.15, -0.1) is 0 Å². The fourth-order valence-corrected chi connectivity index (χ4v) is 3.11. The Morgan fingerprint density at radius 1 is 0.929 bits per heavy atom. The molecule has 0 unspecified atom stereocenters. The Hall–Kier alpha value is -3.80. The SMILES string of the molecule is CCc1ccccc1Nc1nc(-c2ccc([N+](=O)[O-])cc2)nc2ccccc12. The van der Waals surface area contributed by atoms with Gasteiger partial charge in [-0.2, -0.15) is 0 Å². The number of nitro benzene ring substituents is 1. The Labute approximate surface area is 162 Å². The standard InChI is InChI=1S/C22H18N4O2/c1-2-15-7-3-5-9-19(15)23-22-18-8-4-6-10-20(18)24-21(25-22)16-11-13-17(14-12-16)26(27)28/h3-14H,2H2,1H3,(H,23,24,25). The summed E-state index contributed by atoms with van der Waals surface area (Å²) >= 11 is 0. The number of benzene rings is 3. The van der Waals surface area contributed by atoms with Gasteiger partial charge >= 0.3 is 0 Å². The first-order chi connectivity index (χ1) is 13.7. The lowest BCUT2D eigenvalue weighted by Gasteiger charge is -2.13. The van der Waals surface area contributed by atoms with Gasteiger partial charge in [0.05, 0.1) is 10.4 Å². The number of hydrogen-bond acceptors (Lipinski definition) is 5. The molecule has 0 aliphatic heterocycles. The third kappa shape index (κ3) is 3.40. The van der Waals surface area contributed by atoms with Crippen LogP contribution in [-0.2, 0) is 6.42 Å². The van der Waals surface area contributed by atoms with Crippen molar-refractivity contribution in [3.05, 3.63) is 88.5 Å². The average molecular weight is 370 g/mol. The Morgan fingerprint density at radius 2 is 1.64 bits per heavy atom. The highest BCUT2D eigenvalue weighted by Gasteiger charge is 2.12. The van der Waals surface area contributed by atoms with E-state index in [-0.39, 0.29) is 5.69 Å². The lowest BCUT2D eigenvalue weighted by atomic mass is 10.1. The number of fused-ring (bicyclic) bond motifs is 1. The average Bonchev–Trinajstić information content (AvgIpc) is 2.74. The molecule has 6 nitrogen and oxygen atoms in total. The molecule has 0 saturated carbocycles. The van der Waals surface area contributed by atoms with Crippen molar-refractivity contribution in [1.82, 2.24) is 9.97 Å². The normalized spacial score (nSPS) is 10.8. The summed E-state index contributed by atoms with van der Waals surface area (Å²) in [5, 5.41) is 15.3. The summed E-state index contributed by atoms with van der Waals surface area (Å²) in [4.78, 5) is 19.9. The first-order valence-electron chi connectivity index (χ1n) is 9.02. The first kappa shape index (κ1) is 17.6. The van der Waals surface area contributed by atoms with Crippen LogP contribution in [0.4, 0.5) is 17.2 Å². The Morgan fingerprint density at radius 3 is 2.39 bits per heavy atom. The van der Waals surface area contributed by atoms with Crippen LogP contribution in [0.5, 0.6) is 0 Å². The summed E-state index contributed by atoms with van der Waals surface area (Å²) in [7, 11) is 0. The van der Waals surface area contributed by atoms with E-state index in [4.69, 9.17) is 4.98 Å². The van der Waals surface area contributed by atoms with Crippen molar-refractivity contribution in [2.24, 2.45) is 0 Å². The minimum atomic E-state index is -0.417. The largest absolute Gasteiger partial charge is 0.339 e. The smallest absolute Gasteiger partial charge is 0.269 e. The van der Waals surface area contributed by atoms with E-state index in [1.54, 1.807) is 12.1 Å². The highest BCUT2D eigenvalue weighted by molar-refractivity contribution is 5.92. The van der Waals surface area contributed by atoms with E-state index in [2.05, 4.69) is 23.3 Å². The third-order valence-corrected chi connectivity index (χ3v) is 4.59. The van der Waals surface area contributed by atoms with Gasteiger partial charge in [0.1, 0.15) is 5.82 Å². The number of nitro groups is 1. The Balaban J connectivity index is 1.82. The second-order valence-corrected chi connectivity index (χ2v) is 6.35. The number of non-ortho nitro benzene ring substituents is 1. The molecule has 0 aliphatic rings. The molecule has 28 heavy (non-hydrogen) atoms. The van der Waals surface area contributed by atoms with E-state index in [0.29, 0.717) is 11.6 Å². The number of rotatable bonds is 5. The van der Waals surface area contributed by atoms with E-state index >= 15 is 0 Å².